The Labute approximate surface area is 105 Å². The molecule has 7 heteroatoms. The van der Waals surface area contributed by atoms with Crippen LogP contribution in [0.2, 0.25) is 0 Å². The van der Waals surface area contributed by atoms with Gasteiger partial charge in [0.15, 0.2) is 0 Å². The summed E-state index contributed by atoms with van der Waals surface area (Å²) in [5, 5.41) is 2.62. The Morgan fingerprint density at radius 3 is 2.83 bits per heavy atom. The summed E-state index contributed by atoms with van der Waals surface area (Å²) in [6, 6.07) is -2.11. The average molecular weight is 255 g/mol. The number of piperidine rings is 1. The topological polar surface area (TPSA) is 102 Å². The number of nitrogens with zero attached hydrogens (tertiary/aromatic N) is 1. The number of ether oxygens (including phenoxy) is 1. The first-order chi connectivity index (χ1) is 8.56. The Balaban J connectivity index is 2.32. The monoisotopic (exact) mass is 255 g/mol. The number of methoxy groups -OCH3 is 1. The number of carbonyl (C=O) groups is 3. The second-order valence-electron chi connectivity index (χ2n) is 4.58. The average Bonchev–Trinajstić information content (AvgIpc) is 2.50. The SMILES string of the molecule is COC(=O)[C@@H]1CCC[C@@H]2C(=O)NCC(N)C(=O)N21. The van der Waals surface area contributed by atoms with E-state index in [9.17, 15) is 14.4 Å². The van der Waals surface area contributed by atoms with Gasteiger partial charge < -0.3 is 20.7 Å². The minimum Gasteiger partial charge on any atom is -0.467 e. The molecule has 18 heavy (non-hydrogen) atoms. The van der Waals surface area contributed by atoms with Gasteiger partial charge in [-0.25, -0.2) is 4.79 Å². The molecule has 2 rings (SSSR count). The van der Waals surface area contributed by atoms with Gasteiger partial charge in [-0.05, 0) is 19.3 Å². The van der Waals surface area contributed by atoms with Crippen molar-refractivity contribution in [3.8, 4) is 0 Å². The first-order valence-corrected chi connectivity index (χ1v) is 5.99. The van der Waals surface area contributed by atoms with E-state index in [4.69, 9.17) is 10.5 Å². The summed E-state index contributed by atoms with van der Waals surface area (Å²) < 4.78 is 4.69. The van der Waals surface area contributed by atoms with Gasteiger partial charge in [-0.3, -0.25) is 9.59 Å². The van der Waals surface area contributed by atoms with E-state index in [1.54, 1.807) is 0 Å². The first-order valence-electron chi connectivity index (χ1n) is 5.99. The lowest BCUT2D eigenvalue weighted by atomic mass is 9.94. The first kappa shape index (κ1) is 12.8. The summed E-state index contributed by atoms with van der Waals surface area (Å²) in [7, 11) is 1.27. The molecule has 0 radical (unpaired) electrons. The second kappa shape index (κ2) is 4.93. The molecule has 2 amide bonds. The van der Waals surface area contributed by atoms with Crippen LogP contribution < -0.4 is 11.1 Å². The number of esters is 1. The third kappa shape index (κ3) is 2.05. The minimum atomic E-state index is -0.802. The van der Waals surface area contributed by atoms with E-state index in [1.165, 1.54) is 12.0 Å². The number of carbonyl (C=O) groups excluding carboxylic acids is 3. The standard InChI is InChI=1S/C11H17N3O4/c1-18-11(17)8-4-2-3-7-9(15)13-5-6(12)10(16)14(7)8/h6-8H,2-5,12H2,1H3,(H,13,15)/t6?,7-,8+/m1/s1. The van der Waals surface area contributed by atoms with Crippen LogP contribution in [-0.4, -0.2) is 54.5 Å². The Hall–Kier alpha value is -1.63. The van der Waals surface area contributed by atoms with Crippen molar-refractivity contribution >= 4 is 17.8 Å². The summed E-state index contributed by atoms with van der Waals surface area (Å²) in [5.74, 6) is -1.10. The van der Waals surface area contributed by atoms with Gasteiger partial charge in [-0.2, -0.15) is 0 Å². The number of amides is 2. The Morgan fingerprint density at radius 1 is 1.44 bits per heavy atom. The summed E-state index contributed by atoms with van der Waals surface area (Å²) in [4.78, 5) is 37.1. The van der Waals surface area contributed by atoms with E-state index >= 15 is 0 Å². The molecule has 0 spiro atoms. The van der Waals surface area contributed by atoms with Crippen LogP contribution in [-0.2, 0) is 19.1 Å². The van der Waals surface area contributed by atoms with E-state index in [2.05, 4.69) is 5.32 Å². The third-order valence-electron chi connectivity index (χ3n) is 3.47. The second-order valence-corrected chi connectivity index (χ2v) is 4.58. The highest BCUT2D eigenvalue weighted by Gasteiger charge is 2.45. The van der Waals surface area contributed by atoms with E-state index < -0.39 is 24.1 Å². The largest absolute Gasteiger partial charge is 0.467 e. The summed E-state index contributed by atoms with van der Waals surface area (Å²) in [6.07, 6.45) is 1.77. The highest BCUT2D eigenvalue weighted by Crippen LogP contribution is 2.26. The van der Waals surface area contributed by atoms with Crippen molar-refractivity contribution in [3.05, 3.63) is 0 Å². The van der Waals surface area contributed by atoms with Crippen molar-refractivity contribution in [2.24, 2.45) is 5.73 Å². The Morgan fingerprint density at radius 2 is 2.17 bits per heavy atom. The molecule has 2 heterocycles. The minimum absolute atomic E-state index is 0.110. The van der Waals surface area contributed by atoms with Crippen molar-refractivity contribution in [3.63, 3.8) is 0 Å². The maximum absolute atomic E-state index is 12.2. The molecular formula is C11H17N3O4. The molecule has 2 fully saturated rings. The molecule has 2 aliphatic heterocycles. The van der Waals surface area contributed by atoms with Crippen LogP contribution in [0.1, 0.15) is 19.3 Å². The summed E-state index contributed by atoms with van der Waals surface area (Å²) in [5.41, 5.74) is 5.69. The molecule has 2 aliphatic rings. The van der Waals surface area contributed by atoms with E-state index in [-0.39, 0.29) is 18.4 Å². The molecular weight excluding hydrogens is 238 g/mol. The van der Waals surface area contributed by atoms with Crippen molar-refractivity contribution < 1.29 is 19.1 Å². The highest BCUT2D eigenvalue weighted by atomic mass is 16.5. The number of rotatable bonds is 1. The lowest BCUT2D eigenvalue weighted by molar-refractivity contribution is -0.159. The zero-order valence-corrected chi connectivity index (χ0v) is 10.2. The van der Waals surface area contributed by atoms with Crippen LogP contribution in [0.25, 0.3) is 0 Å². The van der Waals surface area contributed by atoms with Crippen molar-refractivity contribution in [1.29, 1.82) is 0 Å². The van der Waals surface area contributed by atoms with Crippen LogP contribution in [0.5, 0.6) is 0 Å². The lowest BCUT2D eigenvalue weighted by Gasteiger charge is -2.38. The molecule has 0 saturated carbocycles. The molecule has 0 aliphatic carbocycles. The zero-order valence-electron chi connectivity index (χ0n) is 10.2. The van der Waals surface area contributed by atoms with Crippen LogP contribution in [0, 0.1) is 0 Å². The van der Waals surface area contributed by atoms with Crippen molar-refractivity contribution in [2.75, 3.05) is 13.7 Å². The van der Waals surface area contributed by atoms with Crippen LogP contribution in [0.4, 0.5) is 0 Å². The molecule has 3 atom stereocenters. The molecule has 0 aromatic heterocycles. The van der Waals surface area contributed by atoms with Crippen LogP contribution >= 0.6 is 0 Å². The highest BCUT2D eigenvalue weighted by molar-refractivity contribution is 5.95. The quantitative estimate of drug-likeness (QED) is 0.547. The third-order valence-corrected chi connectivity index (χ3v) is 3.47. The lowest BCUT2D eigenvalue weighted by Crippen LogP contribution is -2.58. The maximum atomic E-state index is 12.2. The zero-order chi connectivity index (χ0) is 13.3. The predicted octanol–water partition coefficient (Wildman–Crippen LogP) is -1.63. The van der Waals surface area contributed by atoms with Crippen LogP contribution in [0.15, 0.2) is 0 Å². The Kier molecular flexibility index (Phi) is 3.51. The fraction of sp³-hybridized carbons (Fsp3) is 0.727. The molecule has 0 aromatic rings. The molecule has 0 bridgehead atoms. The number of hydrogen-bond acceptors (Lipinski definition) is 5. The van der Waals surface area contributed by atoms with Gasteiger partial charge in [0.2, 0.25) is 11.8 Å². The molecule has 100 valence electrons. The molecule has 0 aromatic carbocycles. The van der Waals surface area contributed by atoms with Gasteiger partial charge in [-0.1, -0.05) is 0 Å². The van der Waals surface area contributed by atoms with Gasteiger partial charge >= 0.3 is 5.97 Å². The number of nitrogens with one attached hydrogen (secondary N) is 1. The van der Waals surface area contributed by atoms with E-state index in [0.29, 0.717) is 19.3 Å². The predicted molar refractivity (Wildman–Crippen MR) is 61.3 cm³/mol. The van der Waals surface area contributed by atoms with Gasteiger partial charge in [0.1, 0.15) is 18.1 Å². The fourth-order valence-electron chi connectivity index (χ4n) is 2.54. The maximum Gasteiger partial charge on any atom is 0.328 e. The van der Waals surface area contributed by atoms with Gasteiger partial charge in [0.25, 0.3) is 0 Å². The molecule has 1 unspecified atom stereocenters. The van der Waals surface area contributed by atoms with E-state index in [1.807, 2.05) is 0 Å². The van der Waals surface area contributed by atoms with Gasteiger partial charge in [0, 0.05) is 6.54 Å². The summed E-state index contributed by atoms with van der Waals surface area (Å²) in [6.45, 7) is 0.110. The van der Waals surface area contributed by atoms with E-state index in [0.717, 1.165) is 0 Å². The smallest absolute Gasteiger partial charge is 0.328 e. The fourth-order valence-corrected chi connectivity index (χ4v) is 2.54. The van der Waals surface area contributed by atoms with Gasteiger partial charge in [0.05, 0.1) is 7.11 Å². The van der Waals surface area contributed by atoms with Gasteiger partial charge in [-0.15, -0.1) is 0 Å². The van der Waals surface area contributed by atoms with Crippen molar-refractivity contribution in [2.45, 2.75) is 37.4 Å². The number of hydrogen-bond donors (Lipinski definition) is 2. The number of nitrogens with two attached hydrogens (primary N) is 1. The molecule has 3 N–H and O–H groups in total. The molecule has 7 nitrogen and oxygen atoms in total. The summed E-state index contributed by atoms with van der Waals surface area (Å²) >= 11 is 0. The van der Waals surface area contributed by atoms with Crippen LogP contribution in [0.3, 0.4) is 0 Å². The normalized spacial score (nSPS) is 32.3. The van der Waals surface area contributed by atoms with Crippen molar-refractivity contribution in [1.82, 2.24) is 10.2 Å². The Bertz CT molecular complexity index is 384. The molecule has 2 saturated heterocycles. The number of fused-ring (bicyclic) bond motifs is 1.